The number of likely N-dealkylation sites (tertiary alicyclic amines) is 1. The molecule has 1 fully saturated rings. The Hall–Kier alpha value is -1.06. The van der Waals surface area contributed by atoms with E-state index in [1.807, 2.05) is 13.8 Å². The fraction of sp³-hybridized carbons (Fsp3) is 0.571. The maximum Gasteiger partial charge on any atom is 0.121 e. The number of phenolic OH excluding ortho intramolecular Hbond substituents is 1. The standard InChI is InChI=1S/C14H22N2O/c1-10-5-13(6-11(2)14(10)17)9-16-4-3-12(7-15)8-16/h5-6,12,17H,3-4,7-9,15H2,1-2H3. The van der Waals surface area contributed by atoms with Crippen molar-refractivity contribution in [3.63, 3.8) is 0 Å². The molecule has 1 atom stereocenters. The molecule has 0 bridgehead atoms. The Morgan fingerprint density at radius 2 is 2.00 bits per heavy atom. The number of nitrogens with zero attached hydrogens (tertiary/aromatic N) is 1. The third kappa shape index (κ3) is 2.79. The van der Waals surface area contributed by atoms with Crippen LogP contribution in [0.15, 0.2) is 12.1 Å². The van der Waals surface area contributed by atoms with Crippen LogP contribution in [0.1, 0.15) is 23.1 Å². The number of nitrogens with two attached hydrogens (primary N) is 1. The van der Waals surface area contributed by atoms with E-state index < -0.39 is 0 Å². The Morgan fingerprint density at radius 1 is 1.35 bits per heavy atom. The van der Waals surface area contributed by atoms with Crippen molar-refractivity contribution >= 4 is 0 Å². The van der Waals surface area contributed by atoms with Gasteiger partial charge in [0.1, 0.15) is 5.75 Å². The first-order chi connectivity index (χ1) is 8.10. The second-order valence-corrected chi connectivity index (χ2v) is 5.20. The molecule has 1 aromatic rings. The molecule has 17 heavy (non-hydrogen) atoms. The van der Waals surface area contributed by atoms with Crippen LogP contribution < -0.4 is 5.73 Å². The van der Waals surface area contributed by atoms with E-state index in [-0.39, 0.29) is 0 Å². The summed E-state index contributed by atoms with van der Waals surface area (Å²) in [5, 5.41) is 9.74. The smallest absolute Gasteiger partial charge is 0.121 e. The van der Waals surface area contributed by atoms with Crippen LogP contribution in [0.4, 0.5) is 0 Å². The molecule has 0 amide bonds. The van der Waals surface area contributed by atoms with E-state index in [1.165, 1.54) is 12.0 Å². The first-order valence-corrected chi connectivity index (χ1v) is 6.31. The minimum atomic E-state index is 0.426. The summed E-state index contributed by atoms with van der Waals surface area (Å²) in [7, 11) is 0. The zero-order chi connectivity index (χ0) is 12.4. The maximum absolute atomic E-state index is 9.74. The highest BCUT2D eigenvalue weighted by molar-refractivity contribution is 5.42. The van der Waals surface area contributed by atoms with E-state index in [0.29, 0.717) is 11.7 Å². The number of aryl methyl sites for hydroxylation is 2. The van der Waals surface area contributed by atoms with Crippen molar-refractivity contribution in [2.24, 2.45) is 11.7 Å². The highest BCUT2D eigenvalue weighted by atomic mass is 16.3. The maximum atomic E-state index is 9.74. The quantitative estimate of drug-likeness (QED) is 0.838. The van der Waals surface area contributed by atoms with E-state index in [4.69, 9.17) is 5.73 Å². The highest BCUT2D eigenvalue weighted by Crippen LogP contribution is 2.25. The lowest BCUT2D eigenvalue weighted by atomic mass is 10.1. The summed E-state index contributed by atoms with van der Waals surface area (Å²) in [5.41, 5.74) is 8.92. The minimum absolute atomic E-state index is 0.426. The van der Waals surface area contributed by atoms with E-state index in [0.717, 1.165) is 37.3 Å². The third-order valence-electron chi connectivity index (χ3n) is 3.66. The van der Waals surface area contributed by atoms with Crippen molar-refractivity contribution in [1.82, 2.24) is 4.90 Å². The second kappa shape index (κ2) is 5.07. The van der Waals surface area contributed by atoms with Crippen LogP contribution in [0.25, 0.3) is 0 Å². The molecule has 3 N–H and O–H groups in total. The Morgan fingerprint density at radius 3 is 2.53 bits per heavy atom. The van der Waals surface area contributed by atoms with E-state index in [9.17, 15) is 5.11 Å². The first-order valence-electron chi connectivity index (χ1n) is 6.31. The Kier molecular flexibility index (Phi) is 3.69. The van der Waals surface area contributed by atoms with Gasteiger partial charge in [0.2, 0.25) is 0 Å². The van der Waals surface area contributed by atoms with Crippen LogP contribution in [-0.4, -0.2) is 29.6 Å². The highest BCUT2D eigenvalue weighted by Gasteiger charge is 2.21. The lowest BCUT2D eigenvalue weighted by Gasteiger charge is -2.17. The Bertz CT molecular complexity index is 380. The van der Waals surface area contributed by atoms with E-state index in [1.54, 1.807) is 0 Å². The minimum Gasteiger partial charge on any atom is -0.507 e. The molecule has 1 heterocycles. The summed E-state index contributed by atoms with van der Waals surface area (Å²) in [6, 6.07) is 4.16. The monoisotopic (exact) mass is 234 g/mol. The van der Waals surface area contributed by atoms with Gasteiger partial charge in [-0.3, -0.25) is 4.90 Å². The van der Waals surface area contributed by atoms with Gasteiger partial charge in [0.15, 0.2) is 0 Å². The van der Waals surface area contributed by atoms with Crippen molar-refractivity contribution in [3.05, 3.63) is 28.8 Å². The van der Waals surface area contributed by atoms with Gasteiger partial charge < -0.3 is 10.8 Å². The van der Waals surface area contributed by atoms with Gasteiger partial charge in [-0.1, -0.05) is 12.1 Å². The summed E-state index contributed by atoms with van der Waals surface area (Å²) in [4.78, 5) is 2.45. The fourth-order valence-electron chi connectivity index (χ4n) is 2.64. The average Bonchev–Trinajstić information content (AvgIpc) is 2.73. The normalized spacial score (nSPS) is 21.0. The van der Waals surface area contributed by atoms with Crippen LogP contribution >= 0.6 is 0 Å². The summed E-state index contributed by atoms with van der Waals surface area (Å²) in [6.45, 7) is 7.93. The van der Waals surface area contributed by atoms with E-state index >= 15 is 0 Å². The third-order valence-corrected chi connectivity index (χ3v) is 3.66. The predicted octanol–water partition coefficient (Wildman–Crippen LogP) is 1.79. The van der Waals surface area contributed by atoms with E-state index in [2.05, 4.69) is 17.0 Å². The van der Waals surface area contributed by atoms with Crippen molar-refractivity contribution in [3.8, 4) is 5.75 Å². The molecule has 0 radical (unpaired) electrons. The number of aromatic hydroxyl groups is 1. The molecule has 94 valence electrons. The molecule has 0 aliphatic carbocycles. The van der Waals surface area contributed by atoms with Crippen molar-refractivity contribution in [1.29, 1.82) is 0 Å². The summed E-state index contributed by atoms with van der Waals surface area (Å²) in [6.07, 6.45) is 1.21. The van der Waals surface area contributed by atoms with Gasteiger partial charge in [0.05, 0.1) is 0 Å². The number of phenols is 1. The summed E-state index contributed by atoms with van der Waals surface area (Å²) in [5.74, 6) is 1.09. The number of hydrogen-bond donors (Lipinski definition) is 2. The van der Waals surface area contributed by atoms with Gasteiger partial charge in [-0.05, 0) is 56.0 Å². The first kappa shape index (κ1) is 12.4. The topological polar surface area (TPSA) is 49.5 Å². The summed E-state index contributed by atoms with van der Waals surface area (Å²) < 4.78 is 0. The molecular weight excluding hydrogens is 212 g/mol. The largest absolute Gasteiger partial charge is 0.507 e. The van der Waals surface area contributed by atoms with Gasteiger partial charge in [-0.2, -0.15) is 0 Å². The fourth-order valence-corrected chi connectivity index (χ4v) is 2.64. The summed E-state index contributed by atoms with van der Waals surface area (Å²) >= 11 is 0. The van der Waals surface area contributed by atoms with Gasteiger partial charge >= 0.3 is 0 Å². The number of benzene rings is 1. The van der Waals surface area contributed by atoms with Crippen molar-refractivity contribution in [2.45, 2.75) is 26.8 Å². The zero-order valence-corrected chi connectivity index (χ0v) is 10.7. The Labute approximate surface area is 103 Å². The molecule has 3 nitrogen and oxygen atoms in total. The van der Waals surface area contributed by atoms with Gasteiger partial charge in [-0.25, -0.2) is 0 Å². The lowest BCUT2D eigenvalue weighted by molar-refractivity contribution is 0.317. The SMILES string of the molecule is Cc1cc(CN2CCC(CN)C2)cc(C)c1O. The van der Waals surface area contributed by atoms with Crippen molar-refractivity contribution in [2.75, 3.05) is 19.6 Å². The lowest BCUT2D eigenvalue weighted by Crippen LogP contribution is -2.22. The molecule has 3 heteroatoms. The van der Waals surface area contributed by atoms with Crippen LogP contribution in [0.2, 0.25) is 0 Å². The molecule has 1 aromatic carbocycles. The number of hydrogen-bond acceptors (Lipinski definition) is 3. The molecule has 0 aromatic heterocycles. The number of rotatable bonds is 3. The molecule has 1 aliphatic heterocycles. The second-order valence-electron chi connectivity index (χ2n) is 5.20. The van der Waals surface area contributed by atoms with Gasteiger partial charge in [-0.15, -0.1) is 0 Å². The average molecular weight is 234 g/mol. The molecule has 1 unspecified atom stereocenters. The molecule has 1 aliphatic rings. The zero-order valence-electron chi connectivity index (χ0n) is 10.7. The van der Waals surface area contributed by atoms with Gasteiger partial charge in [0, 0.05) is 13.1 Å². The molecule has 0 saturated carbocycles. The molecule has 0 spiro atoms. The van der Waals surface area contributed by atoms with Crippen LogP contribution in [0, 0.1) is 19.8 Å². The molecule has 2 rings (SSSR count). The molecular formula is C14H22N2O. The predicted molar refractivity (Wildman–Crippen MR) is 70.0 cm³/mol. The Balaban J connectivity index is 2.04. The van der Waals surface area contributed by atoms with Crippen LogP contribution in [0.5, 0.6) is 5.75 Å². The molecule has 1 saturated heterocycles. The van der Waals surface area contributed by atoms with Crippen LogP contribution in [-0.2, 0) is 6.54 Å². The van der Waals surface area contributed by atoms with Crippen molar-refractivity contribution < 1.29 is 5.11 Å². The van der Waals surface area contributed by atoms with Gasteiger partial charge in [0.25, 0.3) is 0 Å². The van der Waals surface area contributed by atoms with Crippen LogP contribution in [0.3, 0.4) is 0 Å².